The number of carbonyl (C=O) groups is 1. The van der Waals surface area contributed by atoms with E-state index in [9.17, 15) is 4.79 Å². The minimum Gasteiger partial charge on any atom is -0.289 e. The molecule has 0 saturated heterocycles. The largest absolute Gasteiger partial charge is 0.289 e. The van der Waals surface area contributed by atoms with E-state index in [1.54, 1.807) is 25.3 Å². The highest BCUT2D eigenvalue weighted by molar-refractivity contribution is 6.05. The van der Waals surface area contributed by atoms with Gasteiger partial charge in [0.1, 0.15) is 5.82 Å². The lowest BCUT2D eigenvalue weighted by Crippen LogP contribution is -2.12. The number of amides is 1. The lowest BCUT2D eigenvalue weighted by molar-refractivity contribution is 0.102. The second-order valence-corrected chi connectivity index (χ2v) is 3.87. The standard InChI is InChI=1S/C11H10N6O/c1-6-13-11(17-15-6)14-10(18)7-2-3-8-5-12-16-9(8)4-7/h2-5H,1H3,(H,12,16)(H2,13,14,15,17,18). The number of aromatic nitrogens is 5. The van der Waals surface area contributed by atoms with Gasteiger partial charge in [-0.2, -0.15) is 10.1 Å². The Hall–Kier alpha value is -2.70. The Morgan fingerprint density at radius 3 is 3.00 bits per heavy atom. The first-order chi connectivity index (χ1) is 8.72. The van der Waals surface area contributed by atoms with E-state index in [0.717, 1.165) is 10.9 Å². The molecule has 18 heavy (non-hydrogen) atoms. The summed E-state index contributed by atoms with van der Waals surface area (Å²) in [6.45, 7) is 1.76. The zero-order valence-electron chi connectivity index (χ0n) is 9.56. The van der Waals surface area contributed by atoms with E-state index in [-0.39, 0.29) is 11.9 Å². The van der Waals surface area contributed by atoms with E-state index < -0.39 is 0 Å². The van der Waals surface area contributed by atoms with Crippen LogP contribution in [0.25, 0.3) is 10.9 Å². The first kappa shape index (κ1) is 10.5. The molecule has 0 fully saturated rings. The molecule has 0 unspecified atom stereocenters. The summed E-state index contributed by atoms with van der Waals surface area (Å²) >= 11 is 0. The predicted octanol–water partition coefficient (Wildman–Crippen LogP) is 1.24. The Morgan fingerprint density at radius 2 is 2.22 bits per heavy atom. The lowest BCUT2D eigenvalue weighted by Gasteiger charge is -2.00. The van der Waals surface area contributed by atoms with Crippen molar-refractivity contribution in [3.63, 3.8) is 0 Å². The fraction of sp³-hybridized carbons (Fsp3) is 0.0909. The molecule has 3 rings (SSSR count). The predicted molar refractivity (Wildman–Crippen MR) is 65.2 cm³/mol. The van der Waals surface area contributed by atoms with Crippen molar-refractivity contribution in [2.45, 2.75) is 6.92 Å². The van der Waals surface area contributed by atoms with Gasteiger partial charge in [-0.05, 0) is 19.1 Å². The van der Waals surface area contributed by atoms with Crippen molar-refractivity contribution >= 4 is 22.8 Å². The van der Waals surface area contributed by atoms with Crippen LogP contribution >= 0.6 is 0 Å². The van der Waals surface area contributed by atoms with Crippen LogP contribution in [0.5, 0.6) is 0 Å². The summed E-state index contributed by atoms with van der Waals surface area (Å²) in [7, 11) is 0. The van der Waals surface area contributed by atoms with Crippen molar-refractivity contribution < 1.29 is 4.79 Å². The van der Waals surface area contributed by atoms with Gasteiger partial charge in [0.05, 0.1) is 11.7 Å². The fourth-order valence-electron chi connectivity index (χ4n) is 1.65. The van der Waals surface area contributed by atoms with Crippen LogP contribution in [0.15, 0.2) is 24.4 Å². The number of aryl methyl sites for hydroxylation is 1. The average Bonchev–Trinajstić information content (AvgIpc) is 2.96. The summed E-state index contributed by atoms with van der Waals surface area (Å²) in [5.74, 6) is 0.655. The molecule has 7 heteroatoms. The molecule has 3 aromatic rings. The van der Waals surface area contributed by atoms with Gasteiger partial charge in [0, 0.05) is 10.9 Å². The number of rotatable bonds is 2. The van der Waals surface area contributed by atoms with Crippen LogP contribution in [0.3, 0.4) is 0 Å². The number of H-pyrrole nitrogens is 2. The molecule has 2 heterocycles. The Labute approximate surface area is 102 Å². The summed E-state index contributed by atoms with van der Waals surface area (Å²) in [4.78, 5) is 16.0. The summed E-state index contributed by atoms with van der Waals surface area (Å²) in [6.07, 6.45) is 1.70. The van der Waals surface area contributed by atoms with E-state index in [4.69, 9.17) is 0 Å². The Balaban J connectivity index is 1.87. The first-order valence-corrected chi connectivity index (χ1v) is 5.36. The maximum atomic E-state index is 11.9. The molecule has 0 bridgehead atoms. The van der Waals surface area contributed by atoms with E-state index >= 15 is 0 Å². The van der Waals surface area contributed by atoms with Gasteiger partial charge in [0.2, 0.25) is 5.95 Å². The average molecular weight is 242 g/mol. The summed E-state index contributed by atoms with van der Waals surface area (Å²) in [5.41, 5.74) is 1.34. The quantitative estimate of drug-likeness (QED) is 0.629. The monoisotopic (exact) mass is 242 g/mol. The smallest absolute Gasteiger partial charge is 0.258 e. The van der Waals surface area contributed by atoms with Gasteiger partial charge in [-0.1, -0.05) is 6.07 Å². The van der Waals surface area contributed by atoms with E-state index in [0.29, 0.717) is 11.4 Å². The van der Waals surface area contributed by atoms with Crippen molar-refractivity contribution in [3.8, 4) is 0 Å². The second-order valence-electron chi connectivity index (χ2n) is 3.87. The van der Waals surface area contributed by atoms with Crippen molar-refractivity contribution in [1.82, 2.24) is 25.4 Å². The molecule has 0 aliphatic heterocycles. The van der Waals surface area contributed by atoms with E-state index in [2.05, 4.69) is 30.7 Å². The minimum absolute atomic E-state index is 0.259. The van der Waals surface area contributed by atoms with Crippen LogP contribution in [0.4, 0.5) is 5.95 Å². The zero-order chi connectivity index (χ0) is 12.5. The van der Waals surface area contributed by atoms with E-state index in [1.165, 1.54) is 0 Å². The van der Waals surface area contributed by atoms with Gasteiger partial charge >= 0.3 is 0 Å². The lowest BCUT2D eigenvalue weighted by atomic mass is 10.1. The molecule has 0 aliphatic carbocycles. The van der Waals surface area contributed by atoms with Gasteiger partial charge in [0.25, 0.3) is 5.91 Å². The third-order valence-corrected chi connectivity index (χ3v) is 2.53. The van der Waals surface area contributed by atoms with Crippen LogP contribution in [-0.2, 0) is 0 Å². The Morgan fingerprint density at radius 1 is 1.33 bits per heavy atom. The molecule has 0 radical (unpaired) electrons. The zero-order valence-corrected chi connectivity index (χ0v) is 9.56. The van der Waals surface area contributed by atoms with Gasteiger partial charge in [-0.25, -0.2) is 0 Å². The molecule has 0 spiro atoms. The van der Waals surface area contributed by atoms with Crippen molar-refractivity contribution in [2.24, 2.45) is 0 Å². The van der Waals surface area contributed by atoms with Gasteiger partial charge in [-0.3, -0.25) is 20.3 Å². The number of nitrogens with zero attached hydrogens (tertiary/aromatic N) is 3. The van der Waals surface area contributed by atoms with Crippen LogP contribution in [0.1, 0.15) is 16.2 Å². The third kappa shape index (κ3) is 1.81. The van der Waals surface area contributed by atoms with Crippen molar-refractivity contribution in [1.29, 1.82) is 0 Å². The number of hydrogen-bond donors (Lipinski definition) is 3. The van der Waals surface area contributed by atoms with Crippen LogP contribution in [0, 0.1) is 6.92 Å². The van der Waals surface area contributed by atoms with Crippen LogP contribution < -0.4 is 5.32 Å². The number of anilines is 1. The molecular weight excluding hydrogens is 232 g/mol. The first-order valence-electron chi connectivity index (χ1n) is 5.36. The van der Waals surface area contributed by atoms with Crippen LogP contribution in [-0.4, -0.2) is 31.3 Å². The normalized spacial score (nSPS) is 10.7. The maximum Gasteiger partial charge on any atom is 0.258 e. The van der Waals surface area contributed by atoms with Gasteiger partial charge in [-0.15, -0.1) is 5.10 Å². The number of benzene rings is 1. The van der Waals surface area contributed by atoms with Crippen molar-refractivity contribution in [2.75, 3.05) is 5.32 Å². The number of nitrogens with one attached hydrogen (secondary N) is 3. The highest BCUT2D eigenvalue weighted by atomic mass is 16.1. The summed E-state index contributed by atoms with van der Waals surface area (Å²) in [6, 6.07) is 5.29. The van der Waals surface area contributed by atoms with Crippen molar-refractivity contribution in [3.05, 3.63) is 35.8 Å². The second kappa shape index (κ2) is 3.95. The molecule has 0 atom stereocenters. The molecule has 1 aromatic carbocycles. The molecule has 2 aromatic heterocycles. The molecule has 90 valence electrons. The number of hydrogen-bond acceptors (Lipinski definition) is 4. The highest BCUT2D eigenvalue weighted by Gasteiger charge is 2.09. The molecule has 0 aliphatic rings. The molecular formula is C11H10N6O. The Bertz CT molecular complexity index is 713. The number of aromatic amines is 2. The molecule has 0 saturated carbocycles. The fourth-order valence-corrected chi connectivity index (χ4v) is 1.65. The van der Waals surface area contributed by atoms with E-state index in [1.807, 2.05) is 6.07 Å². The molecule has 7 nitrogen and oxygen atoms in total. The van der Waals surface area contributed by atoms with Gasteiger partial charge < -0.3 is 0 Å². The Kier molecular flexibility index (Phi) is 2.30. The third-order valence-electron chi connectivity index (χ3n) is 2.53. The SMILES string of the molecule is Cc1nc(NC(=O)c2ccc3cn[nH]c3c2)n[nH]1. The highest BCUT2D eigenvalue weighted by Crippen LogP contribution is 2.13. The molecule has 3 N–H and O–H groups in total. The minimum atomic E-state index is -0.259. The molecule has 1 amide bonds. The number of carbonyl (C=O) groups excluding carboxylic acids is 1. The van der Waals surface area contributed by atoms with Gasteiger partial charge in [0.15, 0.2) is 0 Å². The topological polar surface area (TPSA) is 99.3 Å². The summed E-state index contributed by atoms with van der Waals surface area (Å²) < 4.78 is 0. The summed E-state index contributed by atoms with van der Waals surface area (Å²) in [5, 5.41) is 16.8. The van der Waals surface area contributed by atoms with Crippen LogP contribution in [0.2, 0.25) is 0 Å². The number of fused-ring (bicyclic) bond motifs is 1. The maximum absolute atomic E-state index is 11.9.